The van der Waals surface area contributed by atoms with E-state index < -0.39 is 0 Å². The monoisotopic (exact) mass is 355 g/mol. The molecule has 2 aliphatic rings. The van der Waals surface area contributed by atoms with Gasteiger partial charge in [-0.05, 0) is 55.7 Å². The van der Waals surface area contributed by atoms with Crippen LogP contribution < -0.4 is 0 Å². The number of halogens is 1. The third-order valence-corrected chi connectivity index (χ3v) is 5.58. The van der Waals surface area contributed by atoms with Gasteiger partial charge in [0, 0.05) is 44.4 Å². The zero-order chi connectivity index (χ0) is 17.9. The van der Waals surface area contributed by atoms with Gasteiger partial charge in [-0.2, -0.15) is 0 Å². The van der Waals surface area contributed by atoms with Crippen LogP contribution in [0, 0.1) is 11.7 Å². The van der Waals surface area contributed by atoms with E-state index in [1.165, 1.54) is 25.0 Å². The number of aromatic nitrogens is 2. The van der Waals surface area contributed by atoms with Crippen molar-refractivity contribution in [2.45, 2.75) is 51.0 Å². The minimum Gasteiger partial charge on any atom is -0.342 e. The molecule has 138 valence electrons. The van der Waals surface area contributed by atoms with Crippen LogP contribution in [0.2, 0.25) is 0 Å². The van der Waals surface area contributed by atoms with Gasteiger partial charge < -0.3 is 9.47 Å². The largest absolute Gasteiger partial charge is 0.342 e. The van der Waals surface area contributed by atoms with Crippen molar-refractivity contribution in [3.8, 4) is 0 Å². The molecule has 0 N–H and O–H groups in total. The maximum atomic E-state index is 13.0. The molecule has 1 saturated heterocycles. The quantitative estimate of drug-likeness (QED) is 0.791. The number of carbonyl (C=O) groups excluding carboxylic acids is 1. The van der Waals surface area contributed by atoms with Crippen LogP contribution in [0.3, 0.4) is 0 Å². The fraction of sp³-hybridized carbons (Fsp3) is 0.524. The Balaban J connectivity index is 1.34. The highest BCUT2D eigenvalue weighted by Crippen LogP contribution is 2.33. The minimum absolute atomic E-state index is 0.194. The minimum atomic E-state index is -0.236. The maximum absolute atomic E-state index is 13.0. The van der Waals surface area contributed by atoms with Crippen LogP contribution in [0.25, 0.3) is 0 Å². The van der Waals surface area contributed by atoms with Crippen molar-refractivity contribution >= 4 is 5.91 Å². The maximum Gasteiger partial charge on any atom is 0.222 e. The lowest BCUT2D eigenvalue weighted by Crippen LogP contribution is -2.39. The second-order valence-corrected chi connectivity index (χ2v) is 7.69. The van der Waals surface area contributed by atoms with Crippen LogP contribution in [0.15, 0.2) is 36.7 Å². The Morgan fingerprint density at radius 1 is 1.19 bits per heavy atom. The predicted octanol–water partition coefficient (Wildman–Crippen LogP) is 3.77. The molecule has 1 atom stereocenters. The summed E-state index contributed by atoms with van der Waals surface area (Å²) in [6.07, 6.45) is 9.92. The molecule has 1 amide bonds. The van der Waals surface area contributed by atoms with Crippen molar-refractivity contribution in [1.29, 1.82) is 0 Å². The molecule has 5 heteroatoms. The number of hydrogen-bond acceptors (Lipinski definition) is 2. The number of nitrogens with zero attached hydrogens (tertiary/aromatic N) is 3. The SMILES string of the molecule is O=C(CCc1ccc(F)cc1)N1CCC[C@@H](c2nccn2CC2CC2)C1. The smallest absolute Gasteiger partial charge is 0.222 e. The van der Waals surface area contributed by atoms with E-state index in [1.807, 2.05) is 11.1 Å². The number of amides is 1. The van der Waals surface area contributed by atoms with Crippen LogP contribution in [0.4, 0.5) is 4.39 Å². The molecule has 1 aromatic heterocycles. The van der Waals surface area contributed by atoms with E-state index >= 15 is 0 Å². The summed E-state index contributed by atoms with van der Waals surface area (Å²) in [5.74, 6) is 2.26. The zero-order valence-corrected chi connectivity index (χ0v) is 15.1. The van der Waals surface area contributed by atoms with E-state index in [0.29, 0.717) is 18.8 Å². The second kappa shape index (κ2) is 7.60. The number of piperidine rings is 1. The van der Waals surface area contributed by atoms with Crippen molar-refractivity contribution in [2.75, 3.05) is 13.1 Å². The molecule has 26 heavy (non-hydrogen) atoms. The van der Waals surface area contributed by atoms with Crippen molar-refractivity contribution in [1.82, 2.24) is 14.5 Å². The number of rotatable bonds is 6. The lowest BCUT2D eigenvalue weighted by atomic mass is 9.96. The van der Waals surface area contributed by atoms with E-state index in [1.54, 1.807) is 12.1 Å². The Hall–Kier alpha value is -2.17. The molecular formula is C21H26FN3O. The molecule has 1 aliphatic carbocycles. The Kier molecular flexibility index (Phi) is 5.05. The van der Waals surface area contributed by atoms with E-state index in [4.69, 9.17) is 0 Å². The predicted molar refractivity (Wildman–Crippen MR) is 98.2 cm³/mol. The standard InChI is InChI=1S/C21H26FN3O/c22-19-8-5-16(6-9-19)7-10-20(26)24-12-1-2-18(15-24)21-23-11-13-25(21)14-17-3-4-17/h5-6,8-9,11,13,17-18H,1-4,7,10,12,14-15H2/t18-/m1/s1. The first kappa shape index (κ1) is 17.3. The Bertz CT molecular complexity index is 751. The normalized spacial score (nSPS) is 20.3. The molecule has 0 bridgehead atoms. The van der Waals surface area contributed by atoms with Gasteiger partial charge in [0.25, 0.3) is 0 Å². The summed E-state index contributed by atoms with van der Waals surface area (Å²) in [4.78, 5) is 19.3. The van der Waals surface area contributed by atoms with Crippen LogP contribution >= 0.6 is 0 Å². The molecule has 0 spiro atoms. The van der Waals surface area contributed by atoms with Crippen molar-refractivity contribution in [3.05, 3.63) is 53.9 Å². The lowest BCUT2D eigenvalue weighted by Gasteiger charge is -2.33. The van der Waals surface area contributed by atoms with Gasteiger partial charge in [0.2, 0.25) is 5.91 Å². The highest BCUT2D eigenvalue weighted by molar-refractivity contribution is 5.76. The molecule has 1 aliphatic heterocycles. The molecule has 0 radical (unpaired) electrons. The van der Waals surface area contributed by atoms with Gasteiger partial charge in [-0.25, -0.2) is 9.37 Å². The van der Waals surface area contributed by atoms with Crippen molar-refractivity contribution < 1.29 is 9.18 Å². The number of likely N-dealkylation sites (tertiary alicyclic amines) is 1. The van der Waals surface area contributed by atoms with Crippen molar-refractivity contribution in [3.63, 3.8) is 0 Å². The third-order valence-electron chi connectivity index (χ3n) is 5.58. The molecule has 4 nitrogen and oxygen atoms in total. The Morgan fingerprint density at radius 3 is 2.77 bits per heavy atom. The topological polar surface area (TPSA) is 38.1 Å². The van der Waals surface area contributed by atoms with Crippen LogP contribution in [-0.2, 0) is 17.8 Å². The average Bonchev–Trinajstić information content (AvgIpc) is 3.36. The molecule has 0 unspecified atom stereocenters. The summed E-state index contributed by atoms with van der Waals surface area (Å²) in [5, 5.41) is 0. The zero-order valence-electron chi connectivity index (χ0n) is 15.1. The lowest BCUT2D eigenvalue weighted by molar-refractivity contribution is -0.132. The van der Waals surface area contributed by atoms with Crippen LogP contribution in [-0.4, -0.2) is 33.4 Å². The highest BCUT2D eigenvalue weighted by Gasteiger charge is 2.29. The van der Waals surface area contributed by atoms with E-state index in [0.717, 1.165) is 49.8 Å². The first-order chi connectivity index (χ1) is 12.7. The third kappa shape index (κ3) is 4.14. The van der Waals surface area contributed by atoms with E-state index in [-0.39, 0.29) is 11.7 Å². The Morgan fingerprint density at radius 2 is 2.00 bits per heavy atom. The first-order valence-electron chi connectivity index (χ1n) is 9.72. The number of carbonyl (C=O) groups is 1. The first-order valence-corrected chi connectivity index (χ1v) is 9.72. The Labute approximate surface area is 154 Å². The van der Waals surface area contributed by atoms with E-state index in [9.17, 15) is 9.18 Å². The summed E-state index contributed by atoms with van der Waals surface area (Å²) >= 11 is 0. The van der Waals surface area contributed by atoms with E-state index in [2.05, 4.69) is 15.7 Å². The number of imidazole rings is 1. The molecule has 1 saturated carbocycles. The summed E-state index contributed by atoms with van der Waals surface area (Å²) in [6, 6.07) is 6.43. The summed E-state index contributed by atoms with van der Waals surface area (Å²) in [7, 11) is 0. The van der Waals surface area contributed by atoms with Gasteiger partial charge in [0.15, 0.2) is 0 Å². The molecule has 2 fully saturated rings. The van der Waals surface area contributed by atoms with Gasteiger partial charge in [0.05, 0.1) is 0 Å². The van der Waals surface area contributed by atoms with Crippen LogP contribution in [0.5, 0.6) is 0 Å². The highest BCUT2D eigenvalue weighted by atomic mass is 19.1. The number of benzene rings is 1. The fourth-order valence-corrected chi connectivity index (χ4v) is 3.89. The molecule has 2 heterocycles. The molecular weight excluding hydrogens is 329 g/mol. The molecule has 2 aromatic rings. The number of aryl methyl sites for hydroxylation is 1. The number of hydrogen-bond donors (Lipinski definition) is 0. The summed E-state index contributed by atoms with van der Waals surface area (Å²) in [6.45, 7) is 2.68. The summed E-state index contributed by atoms with van der Waals surface area (Å²) in [5.41, 5.74) is 1.01. The summed E-state index contributed by atoms with van der Waals surface area (Å²) < 4.78 is 15.3. The molecule has 1 aromatic carbocycles. The van der Waals surface area contributed by atoms with Gasteiger partial charge in [-0.1, -0.05) is 12.1 Å². The van der Waals surface area contributed by atoms with Gasteiger partial charge >= 0.3 is 0 Å². The van der Waals surface area contributed by atoms with Crippen molar-refractivity contribution in [2.24, 2.45) is 5.92 Å². The fourth-order valence-electron chi connectivity index (χ4n) is 3.89. The van der Waals surface area contributed by atoms with Gasteiger partial charge in [-0.3, -0.25) is 4.79 Å². The van der Waals surface area contributed by atoms with Crippen LogP contribution in [0.1, 0.15) is 49.4 Å². The van der Waals surface area contributed by atoms with Gasteiger partial charge in [-0.15, -0.1) is 0 Å². The van der Waals surface area contributed by atoms with Gasteiger partial charge in [0.1, 0.15) is 11.6 Å². The molecule has 4 rings (SSSR count). The average molecular weight is 355 g/mol. The second-order valence-electron chi connectivity index (χ2n) is 7.69.